The summed E-state index contributed by atoms with van der Waals surface area (Å²) >= 11 is 6.17. The van der Waals surface area contributed by atoms with Gasteiger partial charge in [-0.3, -0.25) is 4.79 Å². The third kappa shape index (κ3) is 4.76. The summed E-state index contributed by atoms with van der Waals surface area (Å²) in [5.41, 5.74) is 2.04. The number of benzene rings is 3. The number of sulfonamides is 1. The highest BCUT2D eigenvalue weighted by Gasteiger charge is 2.60. The lowest BCUT2D eigenvalue weighted by molar-refractivity contribution is -0.275. The highest BCUT2D eigenvalue weighted by molar-refractivity contribution is 7.93. The molecule has 0 bridgehead atoms. The second kappa shape index (κ2) is 9.85. The van der Waals surface area contributed by atoms with Crippen LogP contribution in [0.4, 0.5) is 23.7 Å². The van der Waals surface area contributed by atoms with Crippen molar-refractivity contribution in [3.63, 3.8) is 0 Å². The van der Waals surface area contributed by atoms with E-state index in [2.05, 4.69) is 4.74 Å². The summed E-state index contributed by atoms with van der Waals surface area (Å²) in [4.78, 5) is 25.3. The molecule has 1 aliphatic heterocycles. The first-order valence-electron chi connectivity index (χ1n) is 10.7. The normalized spacial score (nSPS) is 17.0. The summed E-state index contributed by atoms with van der Waals surface area (Å²) in [6, 6.07) is 11.8. The van der Waals surface area contributed by atoms with Crippen molar-refractivity contribution >= 4 is 39.3 Å². The van der Waals surface area contributed by atoms with Crippen LogP contribution in [0.15, 0.2) is 65.6 Å². The number of halogens is 4. The average molecular weight is 587 g/mol. The molecule has 0 saturated heterocycles. The van der Waals surface area contributed by atoms with Crippen molar-refractivity contribution < 1.29 is 50.1 Å². The number of hydrogen-bond acceptors (Lipinski definition) is 8. The van der Waals surface area contributed by atoms with E-state index >= 15 is 0 Å². The maximum absolute atomic E-state index is 14.2. The zero-order valence-corrected chi connectivity index (χ0v) is 21.6. The summed E-state index contributed by atoms with van der Waals surface area (Å²) in [6.45, 7) is 0. The predicted molar refractivity (Wildman–Crippen MR) is 130 cm³/mol. The quantitative estimate of drug-likeness (QED) is 0.432. The standard InChI is InChI=1S/C24H18ClF3N2O8S/c1-35-14-8-10-20(19(12-14)37-24(26,27)28)39(33,34)30-17-9-7-13(25)11-16(17)23(21(30)31,38-22(29)32)15-5-3-4-6-18(15)36-2/h3-12H,1-2H3,(H2,29,32). The van der Waals surface area contributed by atoms with E-state index in [9.17, 15) is 31.2 Å². The van der Waals surface area contributed by atoms with Crippen LogP contribution in [0.5, 0.6) is 17.2 Å². The molecule has 1 heterocycles. The van der Waals surface area contributed by atoms with Crippen molar-refractivity contribution in [1.82, 2.24) is 0 Å². The van der Waals surface area contributed by atoms with Crippen molar-refractivity contribution in [2.24, 2.45) is 5.73 Å². The Morgan fingerprint density at radius 3 is 2.28 bits per heavy atom. The van der Waals surface area contributed by atoms with Crippen molar-refractivity contribution in [3.05, 3.63) is 76.8 Å². The minimum absolute atomic E-state index is 0.00261. The molecule has 0 aromatic heterocycles. The molecule has 10 nitrogen and oxygen atoms in total. The van der Waals surface area contributed by atoms with Gasteiger partial charge < -0.3 is 24.7 Å². The fourth-order valence-corrected chi connectivity index (χ4v) is 5.93. The molecule has 15 heteroatoms. The van der Waals surface area contributed by atoms with E-state index < -0.39 is 44.6 Å². The van der Waals surface area contributed by atoms with Gasteiger partial charge in [0.05, 0.1) is 25.5 Å². The van der Waals surface area contributed by atoms with Gasteiger partial charge in [0.1, 0.15) is 16.4 Å². The van der Waals surface area contributed by atoms with Crippen LogP contribution in [0.3, 0.4) is 0 Å². The van der Waals surface area contributed by atoms with Gasteiger partial charge >= 0.3 is 12.5 Å². The number of methoxy groups -OCH3 is 2. The molecule has 206 valence electrons. The smallest absolute Gasteiger partial charge is 0.497 e. The lowest BCUT2D eigenvalue weighted by atomic mass is 9.86. The number of fused-ring (bicyclic) bond motifs is 1. The van der Waals surface area contributed by atoms with E-state index in [1.54, 1.807) is 0 Å². The van der Waals surface area contributed by atoms with Gasteiger partial charge in [-0.15, -0.1) is 13.2 Å². The summed E-state index contributed by atoms with van der Waals surface area (Å²) in [5, 5.41) is 0.0127. The van der Waals surface area contributed by atoms with Crippen molar-refractivity contribution in [2.75, 3.05) is 18.5 Å². The zero-order chi connectivity index (χ0) is 28.8. The van der Waals surface area contributed by atoms with Crippen LogP contribution >= 0.6 is 11.6 Å². The van der Waals surface area contributed by atoms with Crippen molar-refractivity contribution in [3.8, 4) is 17.2 Å². The Hall–Kier alpha value is -4.17. The summed E-state index contributed by atoms with van der Waals surface area (Å²) in [5.74, 6) is -2.73. The van der Waals surface area contributed by atoms with Gasteiger partial charge in [0, 0.05) is 16.7 Å². The number of primary amides is 1. The van der Waals surface area contributed by atoms with Crippen LogP contribution in [0.1, 0.15) is 11.1 Å². The van der Waals surface area contributed by atoms with E-state index in [1.807, 2.05) is 0 Å². The molecule has 4 rings (SSSR count). The molecule has 1 aliphatic rings. The SMILES string of the molecule is COc1ccc(S(=O)(=O)N2C(=O)C(OC(N)=O)(c3ccccc3OC)c3cc(Cl)ccc32)c(OC(F)(F)F)c1. The number of alkyl halides is 3. The molecule has 0 radical (unpaired) electrons. The van der Waals surface area contributed by atoms with E-state index in [0.29, 0.717) is 6.07 Å². The summed E-state index contributed by atoms with van der Waals surface area (Å²) < 4.78 is 87.2. The van der Waals surface area contributed by atoms with Crippen LogP contribution in [0, 0.1) is 0 Å². The largest absolute Gasteiger partial charge is 0.573 e. The third-order valence-corrected chi connectivity index (χ3v) is 7.65. The molecule has 3 aromatic rings. The molecule has 0 spiro atoms. The van der Waals surface area contributed by atoms with Crippen LogP contribution < -0.4 is 24.2 Å². The number of nitrogens with two attached hydrogens (primary N) is 1. The van der Waals surface area contributed by atoms with Crippen LogP contribution in [0.2, 0.25) is 5.02 Å². The minimum Gasteiger partial charge on any atom is -0.497 e. The topological polar surface area (TPSA) is 134 Å². The highest BCUT2D eigenvalue weighted by atomic mass is 35.5. The molecule has 39 heavy (non-hydrogen) atoms. The molecule has 3 aromatic carbocycles. The Morgan fingerprint density at radius 2 is 1.67 bits per heavy atom. The maximum atomic E-state index is 14.2. The van der Waals surface area contributed by atoms with E-state index in [4.69, 9.17) is 31.5 Å². The number of rotatable bonds is 7. The predicted octanol–water partition coefficient (Wildman–Crippen LogP) is 4.33. The molecule has 1 unspecified atom stereocenters. The lowest BCUT2D eigenvalue weighted by Crippen LogP contribution is -2.47. The Morgan fingerprint density at radius 1 is 0.974 bits per heavy atom. The second-order valence-electron chi connectivity index (χ2n) is 7.90. The average Bonchev–Trinajstić information content (AvgIpc) is 3.10. The molecule has 0 saturated carbocycles. The summed E-state index contributed by atoms with van der Waals surface area (Å²) in [6.07, 6.45) is -6.77. The number of amides is 2. The van der Waals surface area contributed by atoms with Gasteiger partial charge in [-0.1, -0.05) is 29.8 Å². The van der Waals surface area contributed by atoms with Gasteiger partial charge in [0.15, 0.2) is 5.75 Å². The van der Waals surface area contributed by atoms with Crippen LogP contribution in [-0.4, -0.2) is 41.0 Å². The number of ether oxygens (including phenoxy) is 4. The monoisotopic (exact) mass is 586 g/mol. The Balaban J connectivity index is 2.04. The maximum Gasteiger partial charge on any atom is 0.573 e. The third-order valence-electron chi connectivity index (χ3n) is 5.68. The molecule has 2 N–H and O–H groups in total. The van der Waals surface area contributed by atoms with Gasteiger partial charge in [-0.25, -0.2) is 13.2 Å². The fraction of sp³-hybridized carbons (Fsp3) is 0.167. The van der Waals surface area contributed by atoms with Crippen molar-refractivity contribution in [1.29, 1.82) is 0 Å². The number of carbonyl (C=O) groups excluding carboxylic acids is 2. The lowest BCUT2D eigenvalue weighted by Gasteiger charge is -2.29. The van der Waals surface area contributed by atoms with Gasteiger partial charge in [-0.2, -0.15) is 4.31 Å². The Kier molecular flexibility index (Phi) is 7.04. The Bertz CT molecular complexity index is 1580. The first-order valence-corrected chi connectivity index (χ1v) is 12.5. The molecular weight excluding hydrogens is 569 g/mol. The highest BCUT2D eigenvalue weighted by Crippen LogP contribution is 2.52. The van der Waals surface area contributed by atoms with Crippen LogP contribution in [-0.2, 0) is 25.2 Å². The number of anilines is 1. The molecule has 1 atom stereocenters. The number of nitrogens with zero attached hydrogens (tertiary/aromatic N) is 1. The van der Waals surface area contributed by atoms with E-state index in [0.717, 1.165) is 25.3 Å². The van der Waals surface area contributed by atoms with E-state index in [1.165, 1.54) is 43.5 Å². The first kappa shape index (κ1) is 27.9. The number of para-hydroxylation sites is 1. The van der Waals surface area contributed by atoms with Gasteiger partial charge in [0.25, 0.3) is 15.9 Å². The van der Waals surface area contributed by atoms with Crippen LogP contribution in [0.25, 0.3) is 0 Å². The van der Waals surface area contributed by atoms with Gasteiger partial charge in [0.2, 0.25) is 5.60 Å². The fourth-order valence-electron chi connectivity index (χ4n) is 4.21. The van der Waals surface area contributed by atoms with Gasteiger partial charge in [-0.05, 0) is 36.4 Å². The van der Waals surface area contributed by atoms with E-state index in [-0.39, 0.29) is 37.6 Å². The second-order valence-corrected chi connectivity index (χ2v) is 10.1. The molecule has 0 aliphatic carbocycles. The van der Waals surface area contributed by atoms with Crippen molar-refractivity contribution in [2.45, 2.75) is 16.9 Å². The molecular formula is C24H18ClF3N2O8S. The zero-order valence-electron chi connectivity index (χ0n) is 20.0. The minimum atomic E-state index is -5.30. The number of hydrogen-bond donors (Lipinski definition) is 1. The number of carbonyl (C=O) groups is 2. The molecule has 0 fully saturated rings. The summed E-state index contributed by atoms with van der Waals surface area (Å²) in [7, 11) is -2.79. The Labute approximate surface area is 224 Å². The molecule has 2 amide bonds. The first-order chi connectivity index (χ1) is 18.3.